The number of aliphatic hydroxyl groups excluding tert-OH is 1. The van der Waals surface area contributed by atoms with Crippen molar-refractivity contribution in [2.45, 2.75) is 33.2 Å². The average Bonchev–Trinajstić information content (AvgIpc) is 3.03. The second kappa shape index (κ2) is 10.1. The van der Waals surface area contributed by atoms with Gasteiger partial charge >= 0.3 is 0 Å². The van der Waals surface area contributed by atoms with Gasteiger partial charge in [0.15, 0.2) is 0 Å². The zero-order valence-corrected chi connectivity index (χ0v) is 19.5. The summed E-state index contributed by atoms with van der Waals surface area (Å²) in [6.07, 6.45) is 0.660. The molecule has 0 radical (unpaired) electrons. The summed E-state index contributed by atoms with van der Waals surface area (Å²) in [6, 6.07) is 11.3. The standard InChI is InChI=1S/C25H28ClNO5/c1-5-11-27-22(16-7-6-8-18(12-16)32-14-15(2)3)21(24(29)25(27)30)23(28)19-13-17(31-4)9-10-20(19)26/h6-10,12-13,15,22,28H,5,11,14H2,1-4H3/b23-21+. The van der Waals surface area contributed by atoms with Gasteiger partial charge < -0.3 is 19.5 Å². The van der Waals surface area contributed by atoms with E-state index in [1.165, 1.54) is 12.0 Å². The van der Waals surface area contributed by atoms with Crippen LogP contribution in [0.4, 0.5) is 0 Å². The molecule has 2 aromatic carbocycles. The van der Waals surface area contributed by atoms with Gasteiger partial charge in [-0.2, -0.15) is 0 Å². The average molecular weight is 458 g/mol. The first-order valence-corrected chi connectivity index (χ1v) is 11.0. The highest BCUT2D eigenvalue weighted by Gasteiger charge is 2.46. The van der Waals surface area contributed by atoms with Gasteiger partial charge in [0.1, 0.15) is 17.3 Å². The van der Waals surface area contributed by atoms with Crippen LogP contribution in [0, 0.1) is 5.92 Å². The number of nitrogens with zero attached hydrogens (tertiary/aromatic N) is 1. The number of amides is 1. The Balaban J connectivity index is 2.16. The summed E-state index contributed by atoms with van der Waals surface area (Å²) >= 11 is 6.32. The van der Waals surface area contributed by atoms with Crippen molar-refractivity contribution in [3.63, 3.8) is 0 Å². The maximum absolute atomic E-state index is 13.0. The fraction of sp³-hybridized carbons (Fsp3) is 0.360. The molecule has 0 aromatic heterocycles. The number of hydrogen-bond donors (Lipinski definition) is 1. The molecular weight excluding hydrogens is 430 g/mol. The minimum Gasteiger partial charge on any atom is -0.507 e. The number of benzene rings is 2. The topological polar surface area (TPSA) is 76.1 Å². The Labute approximate surface area is 193 Å². The van der Waals surface area contributed by atoms with Crippen molar-refractivity contribution in [1.29, 1.82) is 0 Å². The van der Waals surface area contributed by atoms with Crippen LogP contribution in [0.3, 0.4) is 0 Å². The summed E-state index contributed by atoms with van der Waals surface area (Å²) in [5.41, 5.74) is 0.914. The molecule has 1 atom stereocenters. The molecule has 0 saturated carbocycles. The van der Waals surface area contributed by atoms with Crippen LogP contribution in [0.15, 0.2) is 48.0 Å². The highest BCUT2D eigenvalue weighted by atomic mass is 35.5. The number of ether oxygens (including phenoxy) is 2. The maximum Gasteiger partial charge on any atom is 0.295 e. The van der Waals surface area contributed by atoms with Crippen LogP contribution in [-0.4, -0.2) is 42.0 Å². The third-order valence-corrected chi connectivity index (χ3v) is 5.52. The van der Waals surface area contributed by atoms with Crippen LogP contribution in [0.2, 0.25) is 5.02 Å². The number of likely N-dealkylation sites (tertiary alicyclic amines) is 1. The van der Waals surface area contributed by atoms with Crippen molar-refractivity contribution in [2.75, 3.05) is 20.3 Å². The van der Waals surface area contributed by atoms with Gasteiger partial charge in [0.05, 0.1) is 30.4 Å². The summed E-state index contributed by atoms with van der Waals surface area (Å²) in [4.78, 5) is 27.4. The van der Waals surface area contributed by atoms with Gasteiger partial charge in [-0.25, -0.2) is 0 Å². The number of ketones is 1. The van der Waals surface area contributed by atoms with E-state index < -0.39 is 17.7 Å². The van der Waals surface area contributed by atoms with Crippen LogP contribution < -0.4 is 9.47 Å². The van der Waals surface area contributed by atoms with E-state index in [1.807, 2.05) is 31.2 Å². The van der Waals surface area contributed by atoms with Crippen LogP contribution in [0.5, 0.6) is 11.5 Å². The fourth-order valence-electron chi connectivity index (χ4n) is 3.69. The lowest BCUT2D eigenvalue weighted by atomic mass is 9.95. The van der Waals surface area contributed by atoms with Crippen LogP contribution in [-0.2, 0) is 9.59 Å². The van der Waals surface area contributed by atoms with Crippen molar-refractivity contribution in [3.8, 4) is 11.5 Å². The highest BCUT2D eigenvalue weighted by molar-refractivity contribution is 6.47. The summed E-state index contributed by atoms with van der Waals surface area (Å²) in [5, 5.41) is 11.4. The Kier molecular flexibility index (Phi) is 7.46. The molecule has 170 valence electrons. The molecule has 0 spiro atoms. The maximum atomic E-state index is 13.0. The largest absolute Gasteiger partial charge is 0.507 e. The van der Waals surface area contributed by atoms with Gasteiger partial charge in [0.2, 0.25) is 0 Å². The van der Waals surface area contributed by atoms with Gasteiger partial charge in [-0.05, 0) is 48.2 Å². The first-order valence-electron chi connectivity index (χ1n) is 10.6. The predicted octanol–water partition coefficient (Wildman–Crippen LogP) is 5.22. The molecule has 1 aliphatic heterocycles. The Bertz CT molecular complexity index is 1050. The molecule has 0 aliphatic carbocycles. The Morgan fingerprint density at radius 1 is 1.16 bits per heavy atom. The zero-order chi connectivity index (χ0) is 23.4. The molecule has 0 bridgehead atoms. The fourth-order valence-corrected chi connectivity index (χ4v) is 3.90. The molecule has 6 nitrogen and oxygen atoms in total. The first-order chi connectivity index (χ1) is 15.3. The second-order valence-electron chi connectivity index (χ2n) is 8.12. The van der Waals surface area contributed by atoms with E-state index in [9.17, 15) is 14.7 Å². The van der Waals surface area contributed by atoms with Gasteiger partial charge in [-0.1, -0.05) is 44.5 Å². The normalized spacial score (nSPS) is 17.8. The number of Topliss-reactive ketones (excluding diaryl/α,β-unsaturated/α-hetero) is 1. The number of hydrogen-bond acceptors (Lipinski definition) is 5. The second-order valence-corrected chi connectivity index (χ2v) is 8.52. The van der Waals surface area contributed by atoms with E-state index in [0.717, 1.165) is 0 Å². The molecule has 1 fully saturated rings. The quantitative estimate of drug-likeness (QED) is 0.334. The van der Waals surface area contributed by atoms with Crippen molar-refractivity contribution in [2.24, 2.45) is 5.92 Å². The lowest BCUT2D eigenvalue weighted by Crippen LogP contribution is -2.30. The minimum atomic E-state index is -0.750. The molecule has 1 N–H and O–H groups in total. The number of rotatable bonds is 8. The van der Waals surface area contributed by atoms with E-state index in [0.29, 0.717) is 42.6 Å². The minimum absolute atomic E-state index is 0.000359. The first kappa shape index (κ1) is 23.7. The smallest absolute Gasteiger partial charge is 0.295 e. The highest BCUT2D eigenvalue weighted by Crippen LogP contribution is 2.41. The van der Waals surface area contributed by atoms with E-state index in [2.05, 4.69) is 13.8 Å². The van der Waals surface area contributed by atoms with Crippen LogP contribution in [0.1, 0.15) is 44.4 Å². The zero-order valence-electron chi connectivity index (χ0n) is 18.7. The number of methoxy groups -OCH3 is 1. The van der Waals surface area contributed by atoms with Crippen molar-refractivity contribution < 1.29 is 24.2 Å². The van der Waals surface area contributed by atoms with Gasteiger partial charge in [-0.15, -0.1) is 0 Å². The summed E-state index contributed by atoms with van der Waals surface area (Å²) in [5.74, 6) is -0.264. The summed E-state index contributed by atoms with van der Waals surface area (Å²) in [7, 11) is 1.50. The molecule has 1 unspecified atom stereocenters. The van der Waals surface area contributed by atoms with Crippen molar-refractivity contribution >= 4 is 29.1 Å². The van der Waals surface area contributed by atoms with E-state index in [4.69, 9.17) is 21.1 Å². The Morgan fingerprint density at radius 3 is 2.56 bits per heavy atom. The number of halogens is 1. The van der Waals surface area contributed by atoms with Crippen LogP contribution in [0.25, 0.3) is 5.76 Å². The number of aliphatic hydroxyl groups is 1. The van der Waals surface area contributed by atoms with Crippen LogP contribution >= 0.6 is 11.6 Å². The van der Waals surface area contributed by atoms with Crippen molar-refractivity contribution in [1.82, 2.24) is 4.90 Å². The monoisotopic (exact) mass is 457 g/mol. The lowest BCUT2D eigenvalue weighted by molar-refractivity contribution is -0.139. The van der Waals surface area contributed by atoms with Gasteiger partial charge in [0, 0.05) is 12.1 Å². The SMILES string of the molecule is CCCN1C(=O)C(=O)/C(=C(/O)c2cc(OC)ccc2Cl)C1c1cccc(OCC(C)C)c1. The van der Waals surface area contributed by atoms with E-state index >= 15 is 0 Å². The van der Waals surface area contributed by atoms with E-state index in [-0.39, 0.29) is 21.9 Å². The third kappa shape index (κ3) is 4.75. The van der Waals surface area contributed by atoms with Crippen molar-refractivity contribution in [3.05, 3.63) is 64.2 Å². The third-order valence-electron chi connectivity index (χ3n) is 5.19. The lowest BCUT2D eigenvalue weighted by Gasteiger charge is -2.25. The van der Waals surface area contributed by atoms with E-state index in [1.54, 1.807) is 18.2 Å². The molecule has 1 saturated heterocycles. The molecule has 1 amide bonds. The molecule has 1 heterocycles. The number of carbonyl (C=O) groups is 2. The predicted molar refractivity (Wildman–Crippen MR) is 124 cm³/mol. The summed E-state index contributed by atoms with van der Waals surface area (Å²) in [6.45, 7) is 6.94. The molecule has 7 heteroatoms. The molecule has 3 rings (SSSR count). The van der Waals surface area contributed by atoms with Gasteiger partial charge in [-0.3, -0.25) is 9.59 Å². The molecule has 1 aliphatic rings. The number of carbonyl (C=O) groups excluding carboxylic acids is 2. The van der Waals surface area contributed by atoms with Gasteiger partial charge in [0.25, 0.3) is 11.7 Å². The molecule has 32 heavy (non-hydrogen) atoms. The molecular formula is C25H28ClNO5. The summed E-state index contributed by atoms with van der Waals surface area (Å²) < 4.78 is 11.1. The Morgan fingerprint density at radius 2 is 1.91 bits per heavy atom. The molecule has 2 aromatic rings. The Hall–Kier alpha value is -2.99.